The summed E-state index contributed by atoms with van der Waals surface area (Å²) in [6, 6.07) is 5.27. The van der Waals surface area contributed by atoms with Gasteiger partial charge in [0.1, 0.15) is 0 Å². The molecule has 7 heteroatoms. The number of aromatic nitrogens is 3. The SMILES string of the molecule is CCc1ccc(-c2nnc(N3CCC(N4CCOCC4)CC3)o2)cn1. The highest BCUT2D eigenvalue weighted by molar-refractivity contribution is 5.52. The summed E-state index contributed by atoms with van der Waals surface area (Å²) in [4.78, 5) is 9.15. The van der Waals surface area contributed by atoms with Gasteiger partial charge in [0.05, 0.1) is 18.8 Å². The van der Waals surface area contributed by atoms with Gasteiger partial charge in [0.15, 0.2) is 0 Å². The van der Waals surface area contributed by atoms with Crippen molar-refractivity contribution in [1.29, 1.82) is 0 Å². The average molecular weight is 343 g/mol. The zero-order chi connectivity index (χ0) is 17.1. The van der Waals surface area contributed by atoms with E-state index in [2.05, 4.69) is 31.9 Å². The first-order chi connectivity index (χ1) is 12.3. The summed E-state index contributed by atoms with van der Waals surface area (Å²) < 4.78 is 11.3. The van der Waals surface area contributed by atoms with Crippen molar-refractivity contribution in [2.45, 2.75) is 32.2 Å². The molecule has 0 N–H and O–H groups in total. The maximum absolute atomic E-state index is 5.89. The standard InChI is InChI=1S/C18H25N5O2/c1-2-15-4-3-14(13-19-15)17-20-21-18(25-17)23-7-5-16(6-8-23)22-9-11-24-12-10-22/h3-4,13,16H,2,5-12H2,1H3. The van der Waals surface area contributed by atoms with Crippen molar-refractivity contribution in [3.05, 3.63) is 24.0 Å². The van der Waals surface area contributed by atoms with E-state index < -0.39 is 0 Å². The van der Waals surface area contributed by atoms with Gasteiger partial charge in [-0.25, -0.2) is 0 Å². The van der Waals surface area contributed by atoms with E-state index in [9.17, 15) is 0 Å². The van der Waals surface area contributed by atoms with Crippen molar-refractivity contribution in [2.75, 3.05) is 44.3 Å². The molecule has 0 saturated carbocycles. The third-order valence-corrected chi connectivity index (χ3v) is 5.15. The number of piperidine rings is 1. The summed E-state index contributed by atoms with van der Waals surface area (Å²) in [6.07, 6.45) is 4.99. The molecule has 0 spiro atoms. The zero-order valence-electron chi connectivity index (χ0n) is 14.7. The summed E-state index contributed by atoms with van der Waals surface area (Å²) >= 11 is 0. The molecule has 2 aliphatic heterocycles. The Bertz CT molecular complexity index is 673. The second-order valence-electron chi connectivity index (χ2n) is 6.65. The monoisotopic (exact) mass is 343 g/mol. The van der Waals surface area contributed by atoms with Crippen molar-refractivity contribution >= 4 is 6.01 Å². The maximum atomic E-state index is 5.89. The Kier molecular flexibility index (Phi) is 4.94. The van der Waals surface area contributed by atoms with Crippen molar-refractivity contribution < 1.29 is 9.15 Å². The molecule has 0 radical (unpaired) electrons. The van der Waals surface area contributed by atoms with Gasteiger partial charge >= 0.3 is 6.01 Å². The molecule has 2 aliphatic rings. The molecule has 4 heterocycles. The minimum Gasteiger partial charge on any atom is -0.403 e. The van der Waals surface area contributed by atoms with Crippen LogP contribution in [0.2, 0.25) is 0 Å². The number of aryl methyl sites for hydroxylation is 1. The minimum atomic E-state index is 0.542. The number of hydrogen-bond donors (Lipinski definition) is 0. The zero-order valence-corrected chi connectivity index (χ0v) is 14.7. The molecule has 2 saturated heterocycles. The van der Waals surface area contributed by atoms with Gasteiger partial charge in [-0.3, -0.25) is 9.88 Å². The third-order valence-electron chi connectivity index (χ3n) is 5.15. The maximum Gasteiger partial charge on any atom is 0.318 e. The van der Waals surface area contributed by atoms with Crippen molar-refractivity contribution in [3.8, 4) is 11.5 Å². The second kappa shape index (κ2) is 7.49. The van der Waals surface area contributed by atoms with Gasteiger partial charge in [-0.05, 0) is 31.4 Å². The third kappa shape index (κ3) is 3.67. The van der Waals surface area contributed by atoms with E-state index in [0.29, 0.717) is 17.9 Å². The molecule has 2 aromatic rings. The minimum absolute atomic E-state index is 0.542. The fraction of sp³-hybridized carbons (Fsp3) is 0.611. The Morgan fingerprint density at radius 1 is 1.08 bits per heavy atom. The highest BCUT2D eigenvalue weighted by Crippen LogP contribution is 2.25. The van der Waals surface area contributed by atoms with Crippen LogP contribution in [0.25, 0.3) is 11.5 Å². The summed E-state index contributed by atoms with van der Waals surface area (Å²) in [5.74, 6) is 0.542. The fourth-order valence-electron chi connectivity index (χ4n) is 3.58. The highest BCUT2D eigenvalue weighted by Gasteiger charge is 2.27. The average Bonchev–Trinajstić information content (AvgIpc) is 3.19. The summed E-state index contributed by atoms with van der Waals surface area (Å²) in [7, 11) is 0. The van der Waals surface area contributed by atoms with Crippen LogP contribution in [0.1, 0.15) is 25.5 Å². The summed E-state index contributed by atoms with van der Waals surface area (Å²) in [5, 5.41) is 8.44. The smallest absolute Gasteiger partial charge is 0.318 e. The van der Waals surface area contributed by atoms with Crippen molar-refractivity contribution in [2.24, 2.45) is 0 Å². The molecule has 2 fully saturated rings. The number of morpholine rings is 1. The topological polar surface area (TPSA) is 67.5 Å². The Morgan fingerprint density at radius 2 is 1.88 bits per heavy atom. The summed E-state index contributed by atoms with van der Waals surface area (Å²) in [6.45, 7) is 7.82. The molecule has 134 valence electrons. The summed E-state index contributed by atoms with van der Waals surface area (Å²) in [5.41, 5.74) is 1.94. The molecule has 2 aromatic heterocycles. The molecule has 0 aliphatic carbocycles. The van der Waals surface area contributed by atoms with Crippen LogP contribution in [0.3, 0.4) is 0 Å². The first kappa shape index (κ1) is 16.5. The lowest BCUT2D eigenvalue weighted by Crippen LogP contribution is -2.49. The number of ether oxygens (including phenoxy) is 1. The van der Waals surface area contributed by atoms with Gasteiger partial charge in [-0.1, -0.05) is 12.0 Å². The lowest BCUT2D eigenvalue weighted by molar-refractivity contribution is 0.0113. The van der Waals surface area contributed by atoms with E-state index in [0.717, 1.165) is 69.9 Å². The van der Waals surface area contributed by atoms with E-state index in [1.165, 1.54) is 0 Å². The molecule has 25 heavy (non-hydrogen) atoms. The van der Waals surface area contributed by atoms with Crippen LogP contribution < -0.4 is 4.90 Å². The number of pyridine rings is 1. The number of nitrogens with zero attached hydrogens (tertiary/aromatic N) is 5. The quantitative estimate of drug-likeness (QED) is 0.841. The molecule has 0 bridgehead atoms. The van der Waals surface area contributed by atoms with Crippen LogP contribution in [0, 0.1) is 0 Å². The van der Waals surface area contributed by atoms with Crippen LogP contribution in [-0.2, 0) is 11.2 Å². The molecule has 4 rings (SSSR count). The molecule has 0 unspecified atom stereocenters. The van der Waals surface area contributed by atoms with Gasteiger partial charge < -0.3 is 14.1 Å². The van der Waals surface area contributed by atoms with Crippen LogP contribution in [0.4, 0.5) is 6.01 Å². The molecular formula is C18H25N5O2. The second-order valence-corrected chi connectivity index (χ2v) is 6.65. The predicted octanol–water partition coefficient (Wildman–Crippen LogP) is 1.99. The van der Waals surface area contributed by atoms with Crippen LogP contribution in [0.15, 0.2) is 22.7 Å². The number of hydrogen-bond acceptors (Lipinski definition) is 7. The largest absolute Gasteiger partial charge is 0.403 e. The van der Waals surface area contributed by atoms with E-state index >= 15 is 0 Å². The number of anilines is 1. The van der Waals surface area contributed by atoms with Gasteiger partial charge in [0.2, 0.25) is 0 Å². The highest BCUT2D eigenvalue weighted by atomic mass is 16.5. The Labute approximate surface area is 148 Å². The molecule has 0 aromatic carbocycles. The van der Waals surface area contributed by atoms with Crippen LogP contribution in [-0.4, -0.2) is 65.5 Å². The van der Waals surface area contributed by atoms with E-state index in [4.69, 9.17) is 9.15 Å². The van der Waals surface area contributed by atoms with Crippen molar-refractivity contribution in [1.82, 2.24) is 20.1 Å². The van der Waals surface area contributed by atoms with Gasteiger partial charge in [0.25, 0.3) is 5.89 Å². The number of rotatable bonds is 4. The van der Waals surface area contributed by atoms with E-state index in [-0.39, 0.29) is 0 Å². The molecule has 0 atom stereocenters. The fourth-order valence-corrected chi connectivity index (χ4v) is 3.58. The lowest BCUT2D eigenvalue weighted by Gasteiger charge is -2.39. The molecule has 0 amide bonds. The Balaban J connectivity index is 1.37. The Morgan fingerprint density at radius 3 is 2.56 bits per heavy atom. The van der Waals surface area contributed by atoms with Crippen LogP contribution in [0.5, 0.6) is 0 Å². The van der Waals surface area contributed by atoms with E-state index in [1.807, 2.05) is 12.1 Å². The van der Waals surface area contributed by atoms with Gasteiger partial charge in [-0.15, -0.1) is 5.10 Å². The van der Waals surface area contributed by atoms with Crippen molar-refractivity contribution in [3.63, 3.8) is 0 Å². The van der Waals surface area contributed by atoms with Gasteiger partial charge in [-0.2, -0.15) is 0 Å². The Hall–Kier alpha value is -1.99. The molecule has 7 nitrogen and oxygen atoms in total. The normalized spacial score (nSPS) is 20.1. The predicted molar refractivity (Wildman–Crippen MR) is 94.5 cm³/mol. The van der Waals surface area contributed by atoms with E-state index in [1.54, 1.807) is 6.20 Å². The molecular weight excluding hydrogens is 318 g/mol. The first-order valence-electron chi connectivity index (χ1n) is 9.19. The first-order valence-corrected chi connectivity index (χ1v) is 9.19. The van der Waals surface area contributed by atoms with Gasteiger partial charge in [0, 0.05) is 44.1 Å². The van der Waals surface area contributed by atoms with Crippen LogP contribution >= 0.6 is 0 Å². The lowest BCUT2D eigenvalue weighted by atomic mass is 10.0.